The number of ether oxygens (including phenoxy) is 1. The highest BCUT2D eigenvalue weighted by Crippen LogP contribution is 2.18. The number of hydrogen-bond acceptors (Lipinski definition) is 5. The fourth-order valence-corrected chi connectivity index (χ4v) is 2.68. The summed E-state index contributed by atoms with van der Waals surface area (Å²) < 4.78 is 31.1. The molecule has 21 heavy (non-hydrogen) atoms. The number of nitrogens with two attached hydrogens (primary N) is 1. The average Bonchev–Trinajstić information content (AvgIpc) is 2.45. The van der Waals surface area contributed by atoms with E-state index in [2.05, 4.69) is 10.0 Å². The standard InChI is InChI=1S/C13H21N3O4S/c1-3-10-4-5-11(8-12(10)14)21(18,19)16-9-13(17)15-6-7-20-2/h4-5,8,16H,3,6-7,9,14H2,1-2H3,(H,15,17). The normalized spacial score (nSPS) is 11.3. The van der Waals surface area contributed by atoms with Gasteiger partial charge in [-0.1, -0.05) is 13.0 Å². The lowest BCUT2D eigenvalue weighted by Gasteiger charge is -2.09. The summed E-state index contributed by atoms with van der Waals surface area (Å²) in [6.07, 6.45) is 0.724. The van der Waals surface area contributed by atoms with E-state index in [9.17, 15) is 13.2 Å². The first-order chi connectivity index (χ1) is 9.90. The van der Waals surface area contributed by atoms with Crippen LogP contribution in [-0.2, 0) is 26.0 Å². The van der Waals surface area contributed by atoms with E-state index in [1.54, 1.807) is 6.07 Å². The Hall–Kier alpha value is -1.64. The zero-order chi connectivity index (χ0) is 15.9. The maximum absolute atomic E-state index is 12.0. The highest BCUT2D eigenvalue weighted by atomic mass is 32.2. The summed E-state index contributed by atoms with van der Waals surface area (Å²) in [6.45, 7) is 2.30. The molecule has 0 heterocycles. The van der Waals surface area contributed by atoms with Crippen molar-refractivity contribution < 1.29 is 17.9 Å². The average molecular weight is 315 g/mol. The van der Waals surface area contributed by atoms with Crippen LogP contribution < -0.4 is 15.8 Å². The molecule has 0 spiro atoms. The van der Waals surface area contributed by atoms with Crippen LogP contribution in [0, 0.1) is 0 Å². The lowest BCUT2D eigenvalue weighted by atomic mass is 10.1. The van der Waals surface area contributed by atoms with E-state index < -0.39 is 15.9 Å². The molecule has 0 bridgehead atoms. The number of carbonyl (C=O) groups excluding carboxylic acids is 1. The van der Waals surface area contributed by atoms with Crippen molar-refractivity contribution in [1.82, 2.24) is 10.0 Å². The van der Waals surface area contributed by atoms with Gasteiger partial charge in [-0.15, -0.1) is 0 Å². The summed E-state index contributed by atoms with van der Waals surface area (Å²) in [4.78, 5) is 11.5. The molecule has 1 amide bonds. The first-order valence-electron chi connectivity index (χ1n) is 6.54. The number of carbonyl (C=O) groups is 1. The van der Waals surface area contributed by atoms with E-state index in [4.69, 9.17) is 10.5 Å². The van der Waals surface area contributed by atoms with Crippen molar-refractivity contribution in [3.05, 3.63) is 23.8 Å². The number of amides is 1. The van der Waals surface area contributed by atoms with Gasteiger partial charge in [-0.2, -0.15) is 0 Å². The molecule has 1 aromatic carbocycles. The summed E-state index contributed by atoms with van der Waals surface area (Å²) in [5.74, 6) is -0.422. The zero-order valence-electron chi connectivity index (χ0n) is 12.2. The first-order valence-corrected chi connectivity index (χ1v) is 8.02. The maximum Gasteiger partial charge on any atom is 0.241 e. The predicted octanol–water partition coefficient (Wildman–Crippen LogP) is -0.128. The Kier molecular flexibility index (Phi) is 6.60. The summed E-state index contributed by atoms with van der Waals surface area (Å²) >= 11 is 0. The summed E-state index contributed by atoms with van der Waals surface area (Å²) in [7, 11) is -2.24. The molecule has 118 valence electrons. The van der Waals surface area contributed by atoms with Gasteiger partial charge in [-0.3, -0.25) is 4.79 Å². The van der Waals surface area contributed by atoms with Crippen molar-refractivity contribution in [2.24, 2.45) is 0 Å². The Morgan fingerprint density at radius 3 is 2.67 bits per heavy atom. The number of hydrogen-bond donors (Lipinski definition) is 3. The van der Waals surface area contributed by atoms with E-state index in [1.807, 2.05) is 6.92 Å². The van der Waals surface area contributed by atoms with Crippen LogP contribution in [0.3, 0.4) is 0 Å². The predicted molar refractivity (Wildman–Crippen MR) is 80.3 cm³/mol. The van der Waals surface area contributed by atoms with Gasteiger partial charge in [0.1, 0.15) is 0 Å². The van der Waals surface area contributed by atoms with Crippen molar-refractivity contribution in [2.75, 3.05) is 32.5 Å². The van der Waals surface area contributed by atoms with Crippen LogP contribution in [0.4, 0.5) is 5.69 Å². The van der Waals surface area contributed by atoms with Gasteiger partial charge in [-0.25, -0.2) is 13.1 Å². The van der Waals surface area contributed by atoms with Crippen LogP contribution in [0.25, 0.3) is 0 Å². The van der Waals surface area contributed by atoms with Gasteiger partial charge < -0.3 is 15.8 Å². The number of methoxy groups -OCH3 is 1. The van der Waals surface area contributed by atoms with E-state index in [-0.39, 0.29) is 11.4 Å². The minimum Gasteiger partial charge on any atom is -0.398 e. The van der Waals surface area contributed by atoms with Gasteiger partial charge in [0, 0.05) is 19.3 Å². The summed E-state index contributed by atoms with van der Waals surface area (Å²) in [5.41, 5.74) is 7.08. The molecule has 1 aromatic rings. The fourth-order valence-electron chi connectivity index (χ4n) is 1.66. The van der Waals surface area contributed by atoms with Crippen molar-refractivity contribution in [3.63, 3.8) is 0 Å². The van der Waals surface area contributed by atoms with Crippen LogP contribution in [0.2, 0.25) is 0 Å². The van der Waals surface area contributed by atoms with Crippen LogP contribution in [0.15, 0.2) is 23.1 Å². The topological polar surface area (TPSA) is 111 Å². The minimum absolute atomic E-state index is 0.0434. The lowest BCUT2D eigenvalue weighted by Crippen LogP contribution is -2.38. The second kappa shape index (κ2) is 7.96. The molecular weight excluding hydrogens is 294 g/mol. The monoisotopic (exact) mass is 315 g/mol. The molecular formula is C13H21N3O4S. The van der Waals surface area contributed by atoms with Crippen LogP contribution >= 0.6 is 0 Å². The highest BCUT2D eigenvalue weighted by molar-refractivity contribution is 7.89. The number of nitrogens with one attached hydrogen (secondary N) is 2. The van der Waals surface area contributed by atoms with E-state index in [0.717, 1.165) is 12.0 Å². The van der Waals surface area contributed by atoms with Crippen LogP contribution in [0.1, 0.15) is 12.5 Å². The summed E-state index contributed by atoms with van der Waals surface area (Å²) in [6, 6.07) is 4.53. The quantitative estimate of drug-likeness (QED) is 0.457. The molecule has 7 nitrogen and oxygen atoms in total. The molecule has 8 heteroatoms. The molecule has 4 N–H and O–H groups in total. The smallest absolute Gasteiger partial charge is 0.241 e. The first kappa shape index (κ1) is 17.4. The van der Waals surface area contributed by atoms with Crippen molar-refractivity contribution >= 4 is 21.6 Å². The van der Waals surface area contributed by atoms with Gasteiger partial charge in [0.15, 0.2) is 0 Å². The van der Waals surface area contributed by atoms with E-state index in [1.165, 1.54) is 19.2 Å². The number of aryl methyl sites for hydroxylation is 1. The van der Waals surface area contributed by atoms with E-state index >= 15 is 0 Å². The molecule has 0 aliphatic rings. The molecule has 0 fully saturated rings. The maximum atomic E-state index is 12.0. The van der Waals surface area contributed by atoms with Crippen LogP contribution in [-0.4, -0.2) is 41.1 Å². The third-order valence-corrected chi connectivity index (χ3v) is 4.26. The molecule has 0 aliphatic heterocycles. The Bertz CT molecular complexity index is 587. The number of benzene rings is 1. The molecule has 0 aliphatic carbocycles. The minimum atomic E-state index is -3.76. The van der Waals surface area contributed by atoms with Gasteiger partial charge in [0.25, 0.3) is 0 Å². The molecule has 0 saturated heterocycles. The van der Waals surface area contributed by atoms with Crippen molar-refractivity contribution in [1.29, 1.82) is 0 Å². The Morgan fingerprint density at radius 1 is 1.38 bits per heavy atom. The molecule has 0 aromatic heterocycles. The molecule has 0 radical (unpaired) electrons. The SMILES string of the molecule is CCc1ccc(S(=O)(=O)NCC(=O)NCCOC)cc1N. The van der Waals surface area contributed by atoms with Crippen molar-refractivity contribution in [3.8, 4) is 0 Å². The largest absolute Gasteiger partial charge is 0.398 e. The molecule has 1 rings (SSSR count). The van der Waals surface area contributed by atoms with Crippen LogP contribution in [0.5, 0.6) is 0 Å². The Balaban J connectivity index is 2.65. The molecule has 0 unspecified atom stereocenters. The van der Waals surface area contributed by atoms with E-state index in [0.29, 0.717) is 18.8 Å². The van der Waals surface area contributed by atoms with Gasteiger partial charge in [-0.05, 0) is 24.1 Å². The Labute approximate surface area is 124 Å². The van der Waals surface area contributed by atoms with Gasteiger partial charge in [0.2, 0.25) is 15.9 Å². The number of nitrogen functional groups attached to an aromatic ring is 1. The van der Waals surface area contributed by atoms with Gasteiger partial charge in [0.05, 0.1) is 18.0 Å². The fraction of sp³-hybridized carbons (Fsp3) is 0.462. The highest BCUT2D eigenvalue weighted by Gasteiger charge is 2.16. The molecule has 0 atom stereocenters. The zero-order valence-corrected chi connectivity index (χ0v) is 13.0. The Morgan fingerprint density at radius 2 is 2.10 bits per heavy atom. The van der Waals surface area contributed by atoms with Crippen molar-refractivity contribution in [2.45, 2.75) is 18.2 Å². The third kappa shape index (κ3) is 5.33. The second-order valence-electron chi connectivity index (χ2n) is 4.38. The number of anilines is 1. The lowest BCUT2D eigenvalue weighted by molar-refractivity contribution is -0.120. The number of sulfonamides is 1. The molecule has 0 saturated carbocycles. The van der Waals surface area contributed by atoms with Gasteiger partial charge >= 0.3 is 0 Å². The number of rotatable bonds is 8. The third-order valence-electron chi connectivity index (χ3n) is 2.86. The summed E-state index contributed by atoms with van der Waals surface area (Å²) in [5, 5.41) is 2.52. The second-order valence-corrected chi connectivity index (χ2v) is 6.15.